The summed E-state index contributed by atoms with van der Waals surface area (Å²) in [5.74, 6) is 0. The first kappa shape index (κ1) is 22.9. The number of nitrogens with zero attached hydrogens (tertiary/aromatic N) is 2. The van der Waals surface area contributed by atoms with E-state index in [4.69, 9.17) is 0 Å². The van der Waals surface area contributed by atoms with Gasteiger partial charge in [0.15, 0.2) is 0 Å². The summed E-state index contributed by atoms with van der Waals surface area (Å²) in [7, 11) is 0. The molecule has 39 heavy (non-hydrogen) atoms. The molecule has 0 spiro atoms. The molecule has 0 bridgehead atoms. The number of hydrogen-bond acceptors (Lipinski definition) is 0. The minimum absolute atomic E-state index is 0.501. The number of alkyl halides is 1. The molecule has 0 saturated carbocycles. The molecule has 0 saturated heterocycles. The van der Waals surface area contributed by atoms with Crippen LogP contribution in [0.15, 0.2) is 127 Å². The zero-order valence-electron chi connectivity index (χ0n) is 21.3. The number of rotatable bonds is 3. The van der Waals surface area contributed by atoms with E-state index in [1.807, 2.05) is 0 Å². The number of halogens is 1. The zero-order chi connectivity index (χ0) is 25.9. The van der Waals surface area contributed by atoms with Crippen molar-refractivity contribution in [3.63, 3.8) is 0 Å². The monoisotopic (exact) mass is 612 g/mol. The van der Waals surface area contributed by atoms with Crippen molar-refractivity contribution in [1.29, 1.82) is 0 Å². The second-order valence-corrected chi connectivity index (χ2v) is 11.7. The number of hydrogen-bond donors (Lipinski definition) is 0. The zero-order valence-corrected chi connectivity index (χ0v) is 23.4. The Balaban J connectivity index is 1.19. The van der Waals surface area contributed by atoms with Crippen LogP contribution in [0.1, 0.15) is 21.6 Å². The topological polar surface area (TPSA) is 9.86 Å². The van der Waals surface area contributed by atoms with Gasteiger partial charge in [-0.25, -0.2) is 0 Å². The van der Waals surface area contributed by atoms with Gasteiger partial charge < -0.3 is 9.13 Å². The van der Waals surface area contributed by atoms with Crippen molar-refractivity contribution in [2.45, 2.75) is 10.3 Å². The van der Waals surface area contributed by atoms with E-state index in [-0.39, 0.29) is 0 Å². The lowest BCUT2D eigenvalue weighted by Crippen LogP contribution is -2.01. The van der Waals surface area contributed by atoms with Gasteiger partial charge in [-0.1, -0.05) is 108 Å². The van der Waals surface area contributed by atoms with Gasteiger partial charge in [0, 0.05) is 31.5 Å². The predicted molar refractivity (Wildman–Crippen MR) is 173 cm³/mol. The molecule has 1 aliphatic carbocycles. The molecule has 0 radical (unpaired) electrons. The van der Waals surface area contributed by atoms with E-state index in [1.165, 1.54) is 66.5 Å². The molecule has 2 nitrogen and oxygen atoms in total. The molecule has 2 aromatic heterocycles. The fourth-order valence-corrected chi connectivity index (χ4v) is 7.23. The number of benzene rings is 5. The van der Waals surface area contributed by atoms with Crippen molar-refractivity contribution in [2.75, 3.05) is 0 Å². The van der Waals surface area contributed by atoms with Gasteiger partial charge >= 0.3 is 0 Å². The highest BCUT2D eigenvalue weighted by atomic mass is 127. The maximum atomic E-state index is 2.59. The van der Waals surface area contributed by atoms with Crippen LogP contribution in [0.3, 0.4) is 0 Å². The van der Waals surface area contributed by atoms with Gasteiger partial charge in [-0.2, -0.15) is 0 Å². The maximum Gasteiger partial charge on any atom is 0.0541 e. The summed E-state index contributed by atoms with van der Waals surface area (Å²) in [6, 6.07) is 44.1. The minimum Gasteiger partial charge on any atom is -0.310 e. The van der Waals surface area contributed by atoms with Gasteiger partial charge in [0.05, 0.1) is 22.2 Å². The Morgan fingerprint density at radius 2 is 0.974 bits per heavy atom. The van der Waals surface area contributed by atoms with Crippen LogP contribution in [0, 0.1) is 0 Å². The van der Waals surface area contributed by atoms with Gasteiger partial charge in [0.1, 0.15) is 0 Å². The second-order valence-electron chi connectivity index (χ2n) is 10.2. The van der Waals surface area contributed by atoms with Crippen LogP contribution < -0.4 is 0 Å². The first-order valence-electron chi connectivity index (χ1n) is 13.4. The van der Waals surface area contributed by atoms with Crippen LogP contribution in [0.5, 0.6) is 0 Å². The first-order chi connectivity index (χ1) is 19.3. The summed E-state index contributed by atoms with van der Waals surface area (Å²) >= 11 is 2.59. The van der Waals surface area contributed by atoms with Crippen LogP contribution in [0.4, 0.5) is 0 Å². The van der Waals surface area contributed by atoms with Crippen molar-refractivity contribution in [2.24, 2.45) is 0 Å². The van der Waals surface area contributed by atoms with E-state index >= 15 is 0 Å². The Bertz CT molecular complexity index is 1990. The van der Waals surface area contributed by atoms with Crippen molar-refractivity contribution in [3.8, 4) is 22.5 Å². The third kappa shape index (κ3) is 3.53. The number of allylic oxidation sites excluding steroid dienone is 1. The van der Waals surface area contributed by atoms with Crippen molar-refractivity contribution in [3.05, 3.63) is 139 Å². The highest BCUT2D eigenvalue weighted by Crippen LogP contribution is 2.43. The molecule has 2 heterocycles. The van der Waals surface area contributed by atoms with Gasteiger partial charge in [-0.3, -0.25) is 0 Å². The Kier molecular flexibility index (Phi) is 5.27. The fourth-order valence-electron chi connectivity index (χ4n) is 6.28. The summed E-state index contributed by atoms with van der Waals surface area (Å²) in [6.45, 7) is 0. The summed E-state index contributed by atoms with van der Waals surface area (Å²) in [5.41, 5.74) is 11.3. The van der Waals surface area contributed by atoms with Crippen molar-refractivity contribution in [1.82, 2.24) is 9.13 Å². The number of aromatic nitrogens is 2. The lowest BCUT2D eigenvalue weighted by Gasteiger charge is -2.16. The average molecular weight is 613 g/mol. The lowest BCUT2D eigenvalue weighted by atomic mass is 10.0. The number of para-hydroxylation sites is 3. The Labute approximate surface area is 241 Å². The van der Waals surface area contributed by atoms with E-state index in [0.29, 0.717) is 3.92 Å². The second kappa shape index (κ2) is 8.99. The smallest absolute Gasteiger partial charge is 0.0541 e. The van der Waals surface area contributed by atoms with Crippen LogP contribution in [0.2, 0.25) is 0 Å². The molecular formula is C36H25IN2. The van der Waals surface area contributed by atoms with E-state index in [9.17, 15) is 0 Å². The van der Waals surface area contributed by atoms with E-state index in [0.717, 1.165) is 6.42 Å². The first-order valence-corrected chi connectivity index (χ1v) is 14.7. The maximum absolute atomic E-state index is 2.59. The third-order valence-corrected chi connectivity index (χ3v) is 9.18. The molecule has 0 aliphatic heterocycles. The van der Waals surface area contributed by atoms with Crippen molar-refractivity contribution >= 4 is 61.4 Å². The van der Waals surface area contributed by atoms with Crippen LogP contribution in [-0.2, 0) is 0 Å². The molecule has 186 valence electrons. The highest BCUT2D eigenvalue weighted by Gasteiger charge is 2.23. The van der Waals surface area contributed by atoms with Crippen LogP contribution in [-0.4, -0.2) is 9.13 Å². The SMILES string of the molecule is IC1CC=Cc2c1c1ccccc1n2-c1ccc(-c2ccc(-n3c4ccccc4c4ccccc43)cc2)cc1. The van der Waals surface area contributed by atoms with E-state index in [2.05, 4.69) is 165 Å². The summed E-state index contributed by atoms with van der Waals surface area (Å²) < 4.78 is 5.29. The normalized spacial score (nSPS) is 14.8. The molecule has 0 fully saturated rings. The molecule has 1 unspecified atom stereocenters. The Morgan fingerprint density at radius 1 is 0.513 bits per heavy atom. The highest BCUT2D eigenvalue weighted by molar-refractivity contribution is 14.1. The van der Waals surface area contributed by atoms with Gasteiger partial charge in [0.25, 0.3) is 0 Å². The quantitative estimate of drug-likeness (QED) is 0.139. The number of fused-ring (bicyclic) bond motifs is 6. The molecule has 1 aliphatic rings. The molecule has 1 atom stereocenters. The fraction of sp³-hybridized carbons (Fsp3) is 0.0556. The largest absolute Gasteiger partial charge is 0.310 e. The average Bonchev–Trinajstić information content (AvgIpc) is 3.51. The lowest BCUT2D eigenvalue weighted by molar-refractivity contribution is 0.973. The standard InChI is InChI=1S/C36H25IN2/c37-31-11-7-15-35-36(31)30-10-3-6-14-34(30)39(35)27-22-18-25(19-23-27)24-16-20-26(21-17-24)38-32-12-4-1-8-28(32)29-9-2-5-13-33(29)38/h1-10,12-23,31H,11H2. The molecule has 8 rings (SSSR count). The van der Waals surface area contributed by atoms with Crippen LogP contribution in [0.25, 0.3) is 61.3 Å². The summed E-state index contributed by atoms with van der Waals surface area (Å²) in [6.07, 6.45) is 5.69. The summed E-state index contributed by atoms with van der Waals surface area (Å²) in [5, 5.41) is 3.94. The van der Waals surface area contributed by atoms with Crippen LogP contribution >= 0.6 is 22.6 Å². The summed E-state index contributed by atoms with van der Waals surface area (Å²) in [4.78, 5) is 0. The van der Waals surface area contributed by atoms with Gasteiger partial charge in [-0.05, 0) is 71.7 Å². The molecule has 3 heteroatoms. The molecule has 5 aromatic carbocycles. The Morgan fingerprint density at radius 3 is 1.54 bits per heavy atom. The van der Waals surface area contributed by atoms with E-state index in [1.54, 1.807) is 0 Å². The molecule has 0 N–H and O–H groups in total. The van der Waals surface area contributed by atoms with Gasteiger partial charge in [-0.15, -0.1) is 0 Å². The molecule has 0 amide bonds. The van der Waals surface area contributed by atoms with Crippen molar-refractivity contribution < 1.29 is 0 Å². The van der Waals surface area contributed by atoms with E-state index < -0.39 is 0 Å². The minimum atomic E-state index is 0.501. The third-order valence-electron chi connectivity index (χ3n) is 8.05. The van der Waals surface area contributed by atoms with Gasteiger partial charge in [0.2, 0.25) is 0 Å². The molecule has 7 aromatic rings. The predicted octanol–water partition coefficient (Wildman–Crippen LogP) is 10.3. The molecular weight excluding hydrogens is 587 g/mol. The Hall–Kier alpha value is -4.09.